The van der Waals surface area contributed by atoms with Crippen molar-refractivity contribution >= 4 is 13.6 Å². The van der Waals surface area contributed by atoms with Gasteiger partial charge in [-0.2, -0.15) is 0 Å². The molecule has 0 bridgehead atoms. The predicted octanol–water partition coefficient (Wildman–Crippen LogP) is 2.03. The maximum Gasteiger partial charge on any atom is 0.325 e. The molecule has 0 aromatic carbocycles. The Morgan fingerprint density at radius 1 is 1.29 bits per heavy atom. The molecule has 0 aliphatic rings. The first-order valence-corrected chi connectivity index (χ1v) is 7.73. The molecule has 0 heterocycles. The third-order valence-corrected chi connectivity index (χ3v) is 4.14. The lowest BCUT2D eigenvalue weighted by molar-refractivity contribution is -0.150. The zero-order valence-corrected chi connectivity index (χ0v) is 11.8. The zero-order chi connectivity index (χ0) is 13.6. The number of carbonyl (C=O) groups excluding carboxylic acids is 1. The van der Waals surface area contributed by atoms with Gasteiger partial charge in [-0.3, -0.25) is 9.36 Å². The average molecular weight is 266 g/mol. The maximum atomic E-state index is 11.7. The van der Waals surface area contributed by atoms with E-state index < -0.39 is 7.60 Å². The predicted molar refractivity (Wildman–Crippen MR) is 65.7 cm³/mol. The summed E-state index contributed by atoms with van der Waals surface area (Å²) in [6.07, 6.45) is 0.426. The third-order valence-electron chi connectivity index (χ3n) is 3.09. The van der Waals surface area contributed by atoms with Gasteiger partial charge in [0.15, 0.2) is 0 Å². The summed E-state index contributed by atoms with van der Waals surface area (Å²) in [7, 11) is -4.02. The summed E-state index contributed by atoms with van der Waals surface area (Å²) >= 11 is 0. The summed E-state index contributed by atoms with van der Waals surface area (Å²) in [4.78, 5) is 29.5. The van der Waals surface area contributed by atoms with Crippen molar-refractivity contribution in [2.75, 3.05) is 12.8 Å². The molecule has 0 radical (unpaired) electrons. The molecule has 0 saturated carbocycles. The standard InChI is InChI=1S/C11H23O5P/c1-5-10(11(12)16-6-2)9(4)8(3)7-17(13,14)15/h8-10H,5-7H2,1-4H3,(H2,13,14,15). The zero-order valence-electron chi connectivity index (χ0n) is 10.9. The number of carbonyl (C=O) groups is 1. The molecule has 2 N–H and O–H groups in total. The van der Waals surface area contributed by atoms with Crippen molar-refractivity contribution in [3.8, 4) is 0 Å². The fraction of sp³-hybridized carbons (Fsp3) is 0.909. The summed E-state index contributed by atoms with van der Waals surface area (Å²) in [6.45, 7) is 7.54. The normalized spacial score (nSPS) is 17.3. The van der Waals surface area contributed by atoms with Crippen LogP contribution in [-0.4, -0.2) is 28.5 Å². The van der Waals surface area contributed by atoms with E-state index >= 15 is 0 Å². The van der Waals surface area contributed by atoms with Gasteiger partial charge in [-0.1, -0.05) is 20.8 Å². The molecule has 17 heavy (non-hydrogen) atoms. The number of ether oxygens (including phenoxy) is 1. The molecule has 0 aromatic rings. The molecule has 0 rings (SSSR count). The maximum absolute atomic E-state index is 11.7. The largest absolute Gasteiger partial charge is 0.466 e. The van der Waals surface area contributed by atoms with Crippen LogP contribution in [-0.2, 0) is 14.1 Å². The molecule has 102 valence electrons. The van der Waals surface area contributed by atoms with Crippen molar-refractivity contribution in [1.82, 2.24) is 0 Å². The highest BCUT2D eigenvalue weighted by molar-refractivity contribution is 7.51. The lowest BCUT2D eigenvalue weighted by atomic mass is 9.83. The Labute approximate surface area is 103 Å². The van der Waals surface area contributed by atoms with Crippen molar-refractivity contribution < 1.29 is 23.9 Å². The van der Waals surface area contributed by atoms with Crippen LogP contribution < -0.4 is 0 Å². The topological polar surface area (TPSA) is 83.8 Å². The van der Waals surface area contributed by atoms with Crippen molar-refractivity contribution in [3.63, 3.8) is 0 Å². The SMILES string of the molecule is CCOC(=O)C(CC)C(C)C(C)CP(=O)(O)O. The van der Waals surface area contributed by atoms with Gasteiger partial charge in [0.05, 0.1) is 18.7 Å². The summed E-state index contributed by atoms with van der Waals surface area (Å²) in [5, 5.41) is 0. The van der Waals surface area contributed by atoms with Crippen LogP contribution in [0, 0.1) is 17.8 Å². The molecule has 0 aliphatic carbocycles. The van der Waals surface area contributed by atoms with Gasteiger partial charge in [0.25, 0.3) is 0 Å². The Balaban J connectivity index is 4.57. The van der Waals surface area contributed by atoms with Gasteiger partial charge in [-0.15, -0.1) is 0 Å². The minimum atomic E-state index is -4.02. The molecule has 5 nitrogen and oxygen atoms in total. The monoisotopic (exact) mass is 266 g/mol. The van der Waals surface area contributed by atoms with E-state index in [4.69, 9.17) is 14.5 Å². The van der Waals surface area contributed by atoms with Gasteiger partial charge < -0.3 is 14.5 Å². The van der Waals surface area contributed by atoms with E-state index in [1.165, 1.54) is 0 Å². The van der Waals surface area contributed by atoms with E-state index in [9.17, 15) is 9.36 Å². The highest BCUT2D eigenvalue weighted by Crippen LogP contribution is 2.40. The van der Waals surface area contributed by atoms with Crippen molar-refractivity contribution in [3.05, 3.63) is 0 Å². The van der Waals surface area contributed by atoms with Gasteiger partial charge in [-0.05, 0) is 25.2 Å². The second-order valence-corrected chi connectivity index (χ2v) is 6.14. The molecule has 0 saturated heterocycles. The minimum absolute atomic E-state index is 0.105. The lowest BCUT2D eigenvalue weighted by Gasteiger charge is -2.26. The Hall–Kier alpha value is -0.380. The molecule has 0 spiro atoms. The Morgan fingerprint density at radius 3 is 2.18 bits per heavy atom. The number of hydrogen-bond donors (Lipinski definition) is 2. The van der Waals surface area contributed by atoms with Crippen molar-refractivity contribution in [2.45, 2.75) is 34.1 Å². The molecule has 0 fully saturated rings. The van der Waals surface area contributed by atoms with Gasteiger partial charge in [0.2, 0.25) is 0 Å². The van der Waals surface area contributed by atoms with Crippen LogP contribution in [0.25, 0.3) is 0 Å². The van der Waals surface area contributed by atoms with Crippen LogP contribution >= 0.6 is 7.60 Å². The Morgan fingerprint density at radius 2 is 1.82 bits per heavy atom. The van der Waals surface area contributed by atoms with Gasteiger partial charge in [0.1, 0.15) is 0 Å². The Bertz CT molecular complexity index is 286. The first kappa shape index (κ1) is 16.6. The summed E-state index contributed by atoms with van der Waals surface area (Å²) in [5.74, 6) is -0.895. The quantitative estimate of drug-likeness (QED) is 0.544. The highest BCUT2D eigenvalue weighted by Gasteiger charge is 2.31. The van der Waals surface area contributed by atoms with E-state index in [-0.39, 0.29) is 29.9 Å². The van der Waals surface area contributed by atoms with Gasteiger partial charge in [-0.25, -0.2) is 0 Å². The van der Waals surface area contributed by atoms with E-state index in [1.807, 2.05) is 13.8 Å². The molecular weight excluding hydrogens is 243 g/mol. The molecule has 3 atom stereocenters. The summed E-state index contributed by atoms with van der Waals surface area (Å²) < 4.78 is 15.9. The number of rotatable bonds is 7. The van der Waals surface area contributed by atoms with Crippen molar-refractivity contribution in [1.29, 1.82) is 0 Å². The number of esters is 1. The molecular formula is C11H23O5P. The third kappa shape index (κ3) is 6.20. The second-order valence-electron chi connectivity index (χ2n) is 4.45. The van der Waals surface area contributed by atoms with Crippen molar-refractivity contribution in [2.24, 2.45) is 17.8 Å². The highest BCUT2D eigenvalue weighted by atomic mass is 31.2. The van der Waals surface area contributed by atoms with E-state index in [0.717, 1.165) is 0 Å². The van der Waals surface area contributed by atoms with Gasteiger partial charge in [0, 0.05) is 0 Å². The fourth-order valence-corrected chi connectivity index (χ4v) is 3.02. The second kappa shape index (κ2) is 7.14. The molecule has 6 heteroatoms. The van der Waals surface area contributed by atoms with Gasteiger partial charge >= 0.3 is 13.6 Å². The van der Waals surface area contributed by atoms with E-state index in [0.29, 0.717) is 13.0 Å². The van der Waals surface area contributed by atoms with Crippen LogP contribution in [0.1, 0.15) is 34.1 Å². The molecule has 0 aliphatic heterocycles. The van der Waals surface area contributed by atoms with E-state index in [2.05, 4.69) is 0 Å². The van der Waals surface area contributed by atoms with Crippen LogP contribution in [0.15, 0.2) is 0 Å². The van der Waals surface area contributed by atoms with E-state index in [1.54, 1.807) is 13.8 Å². The Kier molecular flexibility index (Phi) is 6.98. The summed E-state index contributed by atoms with van der Waals surface area (Å²) in [5.41, 5.74) is 0. The van der Waals surface area contributed by atoms with Crippen LogP contribution in [0.4, 0.5) is 0 Å². The van der Waals surface area contributed by atoms with Crippen LogP contribution in [0.2, 0.25) is 0 Å². The average Bonchev–Trinajstić information content (AvgIpc) is 2.16. The first-order chi connectivity index (χ1) is 7.72. The fourth-order valence-electron chi connectivity index (χ4n) is 1.94. The summed E-state index contributed by atoms with van der Waals surface area (Å²) in [6, 6.07) is 0. The minimum Gasteiger partial charge on any atom is -0.466 e. The smallest absolute Gasteiger partial charge is 0.325 e. The molecule has 0 aromatic heterocycles. The molecule has 3 unspecified atom stereocenters. The first-order valence-electron chi connectivity index (χ1n) is 5.94. The lowest BCUT2D eigenvalue weighted by Crippen LogP contribution is -2.29. The number of hydrogen-bond acceptors (Lipinski definition) is 3. The van der Waals surface area contributed by atoms with Crippen LogP contribution in [0.3, 0.4) is 0 Å². The van der Waals surface area contributed by atoms with Crippen LogP contribution in [0.5, 0.6) is 0 Å². The molecule has 0 amide bonds.